The molecule has 0 saturated heterocycles. The summed E-state index contributed by atoms with van der Waals surface area (Å²) in [6.45, 7) is 3.94. The van der Waals surface area contributed by atoms with Crippen molar-refractivity contribution < 1.29 is 9.90 Å². The lowest BCUT2D eigenvalue weighted by atomic mass is 9.81. The molecule has 0 radical (unpaired) electrons. The summed E-state index contributed by atoms with van der Waals surface area (Å²) in [5.41, 5.74) is 0.797. The Labute approximate surface area is 94.7 Å². The summed E-state index contributed by atoms with van der Waals surface area (Å²) >= 11 is 1.66. The van der Waals surface area contributed by atoms with Gasteiger partial charge in [-0.05, 0) is 17.9 Å². The molecule has 1 N–H and O–H groups in total. The van der Waals surface area contributed by atoms with E-state index in [1.165, 1.54) is 0 Å². The summed E-state index contributed by atoms with van der Waals surface area (Å²) in [6, 6.07) is 7.98. The number of thioether (sulfide) groups is 1. The molecule has 1 aromatic carbocycles. The number of hydrogen-bond donors (Lipinski definition) is 1. The number of hydrogen-bond acceptors (Lipinski definition) is 2. The number of carboxylic acid groups (broad SMARTS) is 1. The van der Waals surface area contributed by atoms with Crippen LogP contribution in [0.25, 0.3) is 0 Å². The third kappa shape index (κ3) is 2.99. The lowest BCUT2D eigenvalue weighted by Crippen LogP contribution is -2.22. The Balaban J connectivity index is 3.07. The van der Waals surface area contributed by atoms with Gasteiger partial charge in [0.05, 0.1) is 6.42 Å². The first-order valence-corrected chi connectivity index (χ1v) is 6.05. The molecule has 0 unspecified atom stereocenters. The van der Waals surface area contributed by atoms with Gasteiger partial charge in [0.1, 0.15) is 0 Å². The van der Waals surface area contributed by atoms with Crippen molar-refractivity contribution in [1.82, 2.24) is 0 Å². The first-order chi connectivity index (χ1) is 6.97. The van der Waals surface area contributed by atoms with Gasteiger partial charge < -0.3 is 5.11 Å². The lowest BCUT2D eigenvalue weighted by Gasteiger charge is -2.25. The summed E-state index contributed by atoms with van der Waals surface area (Å²) in [4.78, 5) is 11.9. The Morgan fingerprint density at radius 3 is 2.53 bits per heavy atom. The van der Waals surface area contributed by atoms with Crippen molar-refractivity contribution in [3.05, 3.63) is 29.8 Å². The molecule has 1 aromatic rings. The molecule has 0 atom stereocenters. The number of benzene rings is 1. The average molecular weight is 224 g/mol. The van der Waals surface area contributed by atoms with Crippen molar-refractivity contribution in [3.8, 4) is 0 Å². The van der Waals surface area contributed by atoms with Gasteiger partial charge in [-0.1, -0.05) is 32.0 Å². The number of rotatable bonds is 4. The zero-order valence-corrected chi connectivity index (χ0v) is 10.1. The van der Waals surface area contributed by atoms with E-state index in [0.717, 1.165) is 10.5 Å². The minimum atomic E-state index is -0.754. The van der Waals surface area contributed by atoms with E-state index in [1.54, 1.807) is 11.8 Å². The average Bonchev–Trinajstić information content (AvgIpc) is 2.16. The maximum absolute atomic E-state index is 10.8. The van der Waals surface area contributed by atoms with E-state index in [1.807, 2.05) is 44.4 Å². The SMILES string of the molecule is CSc1ccccc1C(C)(C)CC(=O)O. The lowest BCUT2D eigenvalue weighted by molar-refractivity contribution is -0.138. The Hall–Kier alpha value is -0.960. The van der Waals surface area contributed by atoms with Crippen LogP contribution >= 0.6 is 11.8 Å². The molecule has 0 aliphatic heterocycles. The highest BCUT2D eigenvalue weighted by Crippen LogP contribution is 2.33. The van der Waals surface area contributed by atoms with Gasteiger partial charge in [-0.25, -0.2) is 0 Å². The molecule has 0 aromatic heterocycles. The Bertz CT molecular complexity index is 358. The molecular weight excluding hydrogens is 208 g/mol. The zero-order chi connectivity index (χ0) is 11.5. The van der Waals surface area contributed by atoms with Crippen LogP contribution in [0.3, 0.4) is 0 Å². The first-order valence-electron chi connectivity index (χ1n) is 4.82. The molecule has 0 amide bonds. The molecule has 1 rings (SSSR count). The molecule has 0 heterocycles. The van der Waals surface area contributed by atoms with Crippen molar-refractivity contribution in [2.75, 3.05) is 6.26 Å². The highest BCUT2D eigenvalue weighted by molar-refractivity contribution is 7.98. The highest BCUT2D eigenvalue weighted by atomic mass is 32.2. The number of aliphatic carboxylic acids is 1. The van der Waals surface area contributed by atoms with Gasteiger partial charge in [0.25, 0.3) is 0 Å². The molecule has 15 heavy (non-hydrogen) atoms. The monoisotopic (exact) mass is 224 g/mol. The molecule has 0 aliphatic rings. The van der Waals surface area contributed by atoms with Crippen LogP contribution in [0.5, 0.6) is 0 Å². The second-order valence-corrected chi connectivity index (χ2v) is 5.00. The minimum Gasteiger partial charge on any atom is -0.481 e. The molecule has 0 spiro atoms. The van der Waals surface area contributed by atoms with Gasteiger partial charge in [-0.15, -0.1) is 11.8 Å². The van der Waals surface area contributed by atoms with Gasteiger partial charge in [-0.2, -0.15) is 0 Å². The van der Waals surface area contributed by atoms with Crippen LogP contribution in [-0.2, 0) is 10.2 Å². The minimum absolute atomic E-state index is 0.157. The van der Waals surface area contributed by atoms with Crippen molar-refractivity contribution in [3.63, 3.8) is 0 Å². The van der Waals surface area contributed by atoms with Crippen LogP contribution in [-0.4, -0.2) is 17.3 Å². The van der Waals surface area contributed by atoms with Crippen LogP contribution in [0.15, 0.2) is 29.2 Å². The van der Waals surface area contributed by atoms with Crippen molar-refractivity contribution >= 4 is 17.7 Å². The first kappa shape index (κ1) is 12.1. The number of carbonyl (C=O) groups is 1. The summed E-state index contributed by atoms with van der Waals surface area (Å²) < 4.78 is 0. The van der Waals surface area contributed by atoms with Crippen LogP contribution < -0.4 is 0 Å². The fourth-order valence-electron chi connectivity index (χ4n) is 1.68. The van der Waals surface area contributed by atoms with Gasteiger partial charge in [0.2, 0.25) is 0 Å². The Kier molecular flexibility index (Phi) is 3.80. The third-order valence-electron chi connectivity index (χ3n) is 2.43. The molecule has 2 nitrogen and oxygen atoms in total. The maximum Gasteiger partial charge on any atom is 0.304 e. The summed E-state index contributed by atoms with van der Waals surface area (Å²) in [7, 11) is 0. The van der Waals surface area contributed by atoms with Crippen LogP contribution in [0.4, 0.5) is 0 Å². The fraction of sp³-hybridized carbons (Fsp3) is 0.417. The van der Waals surface area contributed by atoms with E-state index in [9.17, 15) is 4.79 Å². The van der Waals surface area contributed by atoms with Gasteiger partial charge in [0.15, 0.2) is 0 Å². The molecular formula is C12H16O2S. The van der Waals surface area contributed by atoms with E-state index < -0.39 is 5.97 Å². The molecule has 0 fully saturated rings. The number of carboxylic acids is 1. The van der Waals surface area contributed by atoms with E-state index >= 15 is 0 Å². The molecule has 3 heteroatoms. The van der Waals surface area contributed by atoms with E-state index in [0.29, 0.717) is 0 Å². The fourth-order valence-corrected chi connectivity index (χ4v) is 2.46. The molecule has 0 saturated carbocycles. The second kappa shape index (κ2) is 4.71. The third-order valence-corrected chi connectivity index (χ3v) is 3.23. The highest BCUT2D eigenvalue weighted by Gasteiger charge is 2.26. The van der Waals surface area contributed by atoms with Crippen LogP contribution in [0.2, 0.25) is 0 Å². The molecule has 82 valence electrons. The van der Waals surface area contributed by atoms with Crippen molar-refractivity contribution in [2.45, 2.75) is 30.6 Å². The topological polar surface area (TPSA) is 37.3 Å². The molecule has 0 aliphatic carbocycles. The van der Waals surface area contributed by atoms with Gasteiger partial charge in [0, 0.05) is 10.3 Å². The van der Waals surface area contributed by atoms with Crippen molar-refractivity contribution in [1.29, 1.82) is 0 Å². The second-order valence-electron chi connectivity index (χ2n) is 4.15. The zero-order valence-electron chi connectivity index (χ0n) is 9.28. The largest absolute Gasteiger partial charge is 0.481 e. The van der Waals surface area contributed by atoms with Crippen LogP contribution in [0, 0.1) is 0 Å². The predicted octanol–water partition coefficient (Wildman–Crippen LogP) is 3.16. The van der Waals surface area contributed by atoms with Gasteiger partial charge >= 0.3 is 5.97 Å². The standard InChI is InChI=1S/C12H16O2S/c1-12(2,8-11(13)14)9-6-4-5-7-10(9)15-3/h4-7H,8H2,1-3H3,(H,13,14). The summed E-state index contributed by atoms with van der Waals surface area (Å²) in [5, 5.41) is 8.87. The van der Waals surface area contributed by atoms with Crippen LogP contribution in [0.1, 0.15) is 25.8 Å². The Morgan fingerprint density at radius 2 is 2.00 bits per heavy atom. The van der Waals surface area contributed by atoms with Crippen molar-refractivity contribution in [2.24, 2.45) is 0 Å². The Morgan fingerprint density at radius 1 is 1.40 bits per heavy atom. The van der Waals surface area contributed by atoms with E-state index in [-0.39, 0.29) is 11.8 Å². The van der Waals surface area contributed by atoms with Gasteiger partial charge in [-0.3, -0.25) is 4.79 Å². The maximum atomic E-state index is 10.8. The molecule has 0 bridgehead atoms. The normalized spacial score (nSPS) is 11.4. The van der Waals surface area contributed by atoms with E-state index in [2.05, 4.69) is 0 Å². The summed E-state index contributed by atoms with van der Waals surface area (Å²) in [5.74, 6) is -0.754. The summed E-state index contributed by atoms with van der Waals surface area (Å²) in [6.07, 6.45) is 2.17. The quantitative estimate of drug-likeness (QED) is 0.798. The van der Waals surface area contributed by atoms with E-state index in [4.69, 9.17) is 5.11 Å². The predicted molar refractivity (Wildman–Crippen MR) is 63.5 cm³/mol. The smallest absolute Gasteiger partial charge is 0.304 e.